The van der Waals surface area contributed by atoms with Crippen molar-refractivity contribution in [2.24, 2.45) is 0 Å². The highest BCUT2D eigenvalue weighted by Gasteiger charge is 2.34. The minimum Gasteiger partial charge on any atom is -0.476 e. The molecule has 2 aromatic carbocycles. The predicted octanol–water partition coefficient (Wildman–Crippen LogP) is 2.58. The molecule has 3 rings (SSSR count). The van der Waals surface area contributed by atoms with Crippen molar-refractivity contribution < 1.29 is 17.9 Å². The zero-order valence-corrected chi connectivity index (χ0v) is 17.3. The first kappa shape index (κ1) is 20.2. The molecule has 0 fully saturated rings. The van der Waals surface area contributed by atoms with Gasteiger partial charge in [-0.15, -0.1) is 0 Å². The van der Waals surface area contributed by atoms with Gasteiger partial charge in [0.05, 0.1) is 18.5 Å². The van der Waals surface area contributed by atoms with Gasteiger partial charge >= 0.3 is 0 Å². The van der Waals surface area contributed by atoms with E-state index in [2.05, 4.69) is 30.4 Å². The van der Waals surface area contributed by atoms with Crippen LogP contribution in [-0.4, -0.2) is 39.8 Å². The number of rotatable bonds is 6. The Morgan fingerprint density at radius 3 is 2.64 bits per heavy atom. The highest BCUT2D eigenvalue weighted by molar-refractivity contribution is 7.92. The van der Waals surface area contributed by atoms with Crippen molar-refractivity contribution in [3.05, 3.63) is 59.2 Å². The number of amides is 1. The highest BCUT2D eigenvalue weighted by atomic mass is 32.2. The minimum absolute atomic E-state index is 0.0288. The molecule has 150 valence electrons. The van der Waals surface area contributed by atoms with Crippen LogP contribution < -0.4 is 14.4 Å². The fraction of sp³-hybridized carbons (Fsp3) is 0.381. The maximum atomic E-state index is 12.6. The van der Waals surface area contributed by atoms with Crippen LogP contribution in [0.4, 0.5) is 5.69 Å². The van der Waals surface area contributed by atoms with E-state index in [0.29, 0.717) is 18.0 Å². The number of nitrogens with zero attached hydrogens (tertiary/aromatic N) is 1. The van der Waals surface area contributed by atoms with Crippen LogP contribution in [-0.2, 0) is 21.2 Å². The van der Waals surface area contributed by atoms with Gasteiger partial charge < -0.3 is 10.1 Å². The summed E-state index contributed by atoms with van der Waals surface area (Å²) in [7, 11) is -3.51. The maximum absolute atomic E-state index is 12.6. The van der Waals surface area contributed by atoms with Gasteiger partial charge in [-0.2, -0.15) is 0 Å². The maximum Gasteiger partial charge on any atom is 0.263 e. The third-order valence-electron chi connectivity index (χ3n) is 4.70. The van der Waals surface area contributed by atoms with Crippen LogP contribution in [0, 0.1) is 13.8 Å². The Kier molecular flexibility index (Phi) is 5.93. The van der Waals surface area contributed by atoms with E-state index < -0.39 is 16.1 Å². The van der Waals surface area contributed by atoms with Crippen molar-refractivity contribution in [2.75, 3.05) is 23.7 Å². The lowest BCUT2D eigenvalue weighted by Gasteiger charge is -2.34. The molecule has 6 nitrogen and oxygen atoms in total. The van der Waals surface area contributed by atoms with Crippen LogP contribution >= 0.6 is 0 Å². The number of nitrogens with one attached hydrogen (secondary N) is 1. The van der Waals surface area contributed by atoms with Crippen molar-refractivity contribution in [3.63, 3.8) is 0 Å². The molecule has 1 amide bonds. The summed E-state index contributed by atoms with van der Waals surface area (Å²) in [6.07, 6.45) is 1.93. The van der Waals surface area contributed by atoms with Gasteiger partial charge in [0, 0.05) is 6.54 Å². The molecule has 1 atom stereocenters. The lowest BCUT2D eigenvalue weighted by molar-refractivity contribution is -0.127. The van der Waals surface area contributed by atoms with Crippen LogP contribution in [0.5, 0.6) is 5.75 Å². The molecule has 0 aromatic heterocycles. The summed E-state index contributed by atoms with van der Waals surface area (Å²) in [6, 6.07) is 13.6. The van der Waals surface area contributed by atoms with Crippen LogP contribution in [0.2, 0.25) is 0 Å². The number of fused-ring (bicyclic) bond motifs is 1. The Labute approximate surface area is 166 Å². The molecule has 0 spiro atoms. The van der Waals surface area contributed by atoms with Gasteiger partial charge in [-0.25, -0.2) is 8.42 Å². The standard InChI is InChI=1S/C21H26N2O4S/c1-15-6-4-7-17(12-15)8-5-11-22-21(24)20-14-23(28(3,25)26)18-13-16(2)9-10-19(18)27-20/h4,6-7,9-10,12-13,20H,5,8,11,14H2,1-3H3,(H,22,24)/t20-/m1/s1. The van der Waals surface area contributed by atoms with Crippen LogP contribution in [0.25, 0.3) is 0 Å². The van der Waals surface area contributed by atoms with Crippen molar-refractivity contribution >= 4 is 21.6 Å². The van der Waals surface area contributed by atoms with E-state index in [4.69, 9.17) is 4.74 Å². The molecule has 1 N–H and O–H groups in total. The normalized spacial score (nSPS) is 16.2. The zero-order chi connectivity index (χ0) is 20.3. The summed E-state index contributed by atoms with van der Waals surface area (Å²) in [4.78, 5) is 12.6. The second kappa shape index (κ2) is 8.22. The van der Waals surface area contributed by atoms with E-state index in [9.17, 15) is 13.2 Å². The Morgan fingerprint density at radius 1 is 1.18 bits per heavy atom. The van der Waals surface area contributed by atoms with E-state index in [1.54, 1.807) is 12.1 Å². The molecule has 0 unspecified atom stereocenters. The van der Waals surface area contributed by atoms with Gasteiger partial charge in [-0.1, -0.05) is 35.9 Å². The zero-order valence-electron chi connectivity index (χ0n) is 16.4. The summed E-state index contributed by atoms with van der Waals surface area (Å²) in [5, 5.41) is 2.87. The molecule has 7 heteroatoms. The Morgan fingerprint density at radius 2 is 1.93 bits per heavy atom. The van der Waals surface area contributed by atoms with Crippen LogP contribution in [0.3, 0.4) is 0 Å². The van der Waals surface area contributed by atoms with E-state index >= 15 is 0 Å². The largest absolute Gasteiger partial charge is 0.476 e. The van der Waals surface area contributed by atoms with E-state index in [0.717, 1.165) is 24.7 Å². The average Bonchev–Trinajstić information content (AvgIpc) is 2.63. The van der Waals surface area contributed by atoms with Crippen LogP contribution in [0.1, 0.15) is 23.1 Å². The second-order valence-corrected chi connectivity index (χ2v) is 9.16. The molecule has 0 radical (unpaired) electrons. The number of carbonyl (C=O) groups excluding carboxylic acids is 1. The first-order valence-electron chi connectivity index (χ1n) is 9.32. The summed E-state index contributed by atoms with van der Waals surface area (Å²) in [6.45, 7) is 4.41. The van der Waals surface area contributed by atoms with Gasteiger partial charge in [0.1, 0.15) is 5.75 Å². The number of carbonyl (C=O) groups is 1. The Bertz CT molecular complexity index is 972. The first-order valence-corrected chi connectivity index (χ1v) is 11.2. The van der Waals surface area contributed by atoms with Crippen molar-refractivity contribution in [2.45, 2.75) is 32.8 Å². The lowest BCUT2D eigenvalue weighted by Crippen LogP contribution is -2.50. The number of anilines is 1. The summed E-state index contributed by atoms with van der Waals surface area (Å²) >= 11 is 0. The Hall–Kier alpha value is -2.54. The number of hydrogen-bond acceptors (Lipinski definition) is 4. The van der Waals surface area contributed by atoms with E-state index in [1.807, 2.05) is 19.1 Å². The minimum atomic E-state index is -3.51. The summed E-state index contributed by atoms with van der Waals surface area (Å²) in [5.41, 5.74) is 3.85. The van der Waals surface area contributed by atoms with Gasteiger partial charge in [-0.3, -0.25) is 9.10 Å². The molecule has 0 aliphatic carbocycles. The number of sulfonamides is 1. The predicted molar refractivity (Wildman–Crippen MR) is 110 cm³/mol. The van der Waals surface area contributed by atoms with Gasteiger partial charge in [-0.05, 0) is 49.9 Å². The quantitative estimate of drug-likeness (QED) is 0.754. The average molecular weight is 403 g/mol. The molecule has 0 bridgehead atoms. The SMILES string of the molecule is Cc1cccc(CCCNC(=O)[C@H]2CN(S(C)(=O)=O)c3cc(C)ccc3O2)c1. The first-order chi connectivity index (χ1) is 13.2. The lowest BCUT2D eigenvalue weighted by atomic mass is 10.1. The number of hydrogen-bond donors (Lipinski definition) is 1. The number of aryl methyl sites for hydroxylation is 3. The third-order valence-corrected chi connectivity index (χ3v) is 5.85. The van der Waals surface area contributed by atoms with Crippen LogP contribution in [0.15, 0.2) is 42.5 Å². The molecule has 1 heterocycles. The fourth-order valence-electron chi connectivity index (χ4n) is 3.30. The highest BCUT2D eigenvalue weighted by Crippen LogP contribution is 2.35. The summed E-state index contributed by atoms with van der Waals surface area (Å²) in [5.74, 6) is 0.103. The molecular formula is C21H26N2O4S. The molecule has 0 saturated carbocycles. The molecule has 28 heavy (non-hydrogen) atoms. The monoisotopic (exact) mass is 402 g/mol. The topological polar surface area (TPSA) is 75.7 Å². The van der Waals surface area contributed by atoms with E-state index in [1.165, 1.54) is 15.4 Å². The van der Waals surface area contributed by atoms with Crippen molar-refractivity contribution in [3.8, 4) is 5.75 Å². The smallest absolute Gasteiger partial charge is 0.263 e. The third kappa shape index (κ3) is 4.84. The number of benzene rings is 2. The van der Waals surface area contributed by atoms with Crippen molar-refractivity contribution in [1.29, 1.82) is 0 Å². The van der Waals surface area contributed by atoms with E-state index in [-0.39, 0.29) is 12.5 Å². The molecule has 1 aliphatic heterocycles. The van der Waals surface area contributed by atoms with Gasteiger partial charge in [0.15, 0.2) is 6.10 Å². The molecule has 2 aromatic rings. The van der Waals surface area contributed by atoms with Gasteiger partial charge in [0.25, 0.3) is 5.91 Å². The second-order valence-electron chi connectivity index (χ2n) is 7.26. The number of ether oxygens (including phenoxy) is 1. The van der Waals surface area contributed by atoms with Gasteiger partial charge in [0.2, 0.25) is 10.0 Å². The molecule has 0 saturated heterocycles. The van der Waals surface area contributed by atoms with Crippen molar-refractivity contribution in [1.82, 2.24) is 5.32 Å². The molecule has 1 aliphatic rings. The Balaban J connectivity index is 1.62. The molecular weight excluding hydrogens is 376 g/mol. The summed E-state index contributed by atoms with van der Waals surface area (Å²) < 4.78 is 31.5. The fourth-order valence-corrected chi connectivity index (χ4v) is 4.20.